The summed E-state index contributed by atoms with van der Waals surface area (Å²) < 4.78 is 24.3. The highest BCUT2D eigenvalue weighted by molar-refractivity contribution is 8.18. The minimum Gasteiger partial charge on any atom is -0.493 e. The zero-order valence-corrected chi connectivity index (χ0v) is 19.5. The number of hydrogen-bond acceptors (Lipinski definition) is 6. The zero-order valence-electron chi connectivity index (χ0n) is 18.7. The Morgan fingerprint density at radius 1 is 1.03 bits per heavy atom. The van der Waals surface area contributed by atoms with Gasteiger partial charge in [0.1, 0.15) is 19.0 Å². The molecule has 178 valence electrons. The number of methoxy groups -OCH3 is 1. The van der Waals surface area contributed by atoms with Gasteiger partial charge in [-0.3, -0.25) is 19.3 Å². The van der Waals surface area contributed by atoms with Crippen LogP contribution in [0.15, 0.2) is 77.7 Å². The molecule has 3 aromatic carbocycles. The highest BCUT2D eigenvalue weighted by Gasteiger charge is 2.36. The van der Waals surface area contributed by atoms with Crippen molar-refractivity contribution in [3.8, 4) is 11.5 Å². The number of imide groups is 1. The largest absolute Gasteiger partial charge is 0.493 e. The second-order valence-electron chi connectivity index (χ2n) is 7.51. The monoisotopic (exact) mass is 492 g/mol. The maximum atomic E-state index is 13.1. The Hall–Kier alpha value is -4.11. The Balaban J connectivity index is 1.45. The standard InChI is InChI=1S/C26H21FN2O5S/c1-33-21-12-9-18(13-22(21)34-16-17-7-10-19(27)11-8-17)14-23-25(31)29(26(32)35-23)15-24(30)28-20-5-3-2-4-6-20/h2-14H,15-16H2,1H3,(H,28,30)/b23-14-. The van der Waals surface area contributed by atoms with Crippen LogP contribution in [0.25, 0.3) is 6.08 Å². The first-order chi connectivity index (χ1) is 16.9. The lowest BCUT2D eigenvalue weighted by Crippen LogP contribution is -2.36. The fourth-order valence-electron chi connectivity index (χ4n) is 3.29. The average molecular weight is 493 g/mol. The summed E-state index contributed by atoms with van der Waals surface area (Å²) in [6.07, 6.45) is 1.56. The van der Waals surface area contributed by atoms with Gasteiger partial charge >= 0.3 is 0 Å². The van der Waals surface area contributed by atoms with E-state index in [1.54, 1.807) is 60.7 Å². The summed E-state index contributed by atoms with van der Waals surface area (Å²) in [6.45, 7) is -0.196. The predicted molar refractivity (Wildman–Crippen MR) is 131 cm³/mol. The van der Waals surface area contributed by atoms with Gasteiger partial charge in [-0.05, 0) is 65.4 Å². The van der Waals surface area contributed by atoms with Gasteiger partial charge in [0.25, 0.3) is 11.1 Å². The molecule has 3 amide bonds. The maximum absolute atomic E-state index is 13.1. The lowest BCUT2D eigenvalue weighted by Gasteiger charge is -2.12. The van der Waals surface area contributed by atoms with Crippen LogP contribution in [0.4, 0.5) is 14.9 Å². The van der Waals surface area contributed by atoms with Gasteiger partial charge in [-0.2, -0.15) is 0 Å². The summed E-state index contributed by atoms with van der Waals surface area (Å²) in [7, 11) is 1.51. The number of nitrogens with zero attached hydrogens (tertiary/aromatic N) is 1. The number of rotatable bonds is 8. The lowest BCUT2D eigenvalue weighted by molar-refractivity contribution is -0.127. The number of anilines is 1. The molecule has 0 radical (unpaired) electrons. The van der Waals surface area contributed by atoms with Crippen molar-refractivity contribution in [1.29, 1.82) is 0 Å². The molecule has 7 nitrogen and oxygen atoms in total. The van der Waals surface area contributed by atoms with Crippen molar-refractivity contribution in [2.24, 2.45) is 0 Å². The maximum Gasteiger partial charge on any atom is 0.294 e. The number of nitrogens with one attached hydrogen (secondary N) is 1. The summed E-state index contributed by atoms with van der Waals surface area (Å²) in [5.74, 6) is -0.449. The first-order valence-electron chi connectivity index (χ1n) is 10.6. The minimum absolute atomic E-state index is 0.188. The first-order valence-corrected chi connectivity index (χ1v) is 11.4. The average Bonchev–Trinajstić information content (AvgIpc) is 3.11. The van der Waals surface area contributed by atoms with Crippen LogP contribution >= 0.6 is 11.8 Å². The molecule has 9 heteroatoms. The molecule has 4 rings (SSSR count). The van der Waals surface area contributed by atoms with Crippen LogP contribution in [-0.4, -0.2) is 35.6 Å². The lowest BCUT2D eigenvalue weighted by atomic mass is 10.1. The molecule has 0 saturated carbocycles. The Labute approximate surface area is 205 Å². The van der Waals surface area contributed by atoms with E-state index in [1.165, 1.54) is 19.2 Å². The van der Waals surface area contributed by atoms with Crippen molar-refractivity contribution in [2.45, 2.75) is 6.61 Å². The molecule has 1 N–H and O–H groups in total. The highest BCUT2D eigenvalue weighted by Crippen LogP contribution is 2.34. The number of halogens is 1. The van der Waals surface area contributed by atoms with Crippen molar-refractivity contribution < 1.29 is 28.2 Å². The minimum atomic E-state index is -0.548. The van der Waals surface area contributed by atoms with Crippen LogP contribution in [-0.2, 0) is 16.2 Å². The molecule has 1 aliphatic heterocycles. The second kappa shape index (κ2) is 10.9. The van der Waals surface area contributed by atoms with Gasteiger partial charge in [0.05, 0.1) is 12.0 Å². The van der Waals surface area contributed by atoms with E-state index in [4.69, 9.17) is 9.47 Å². The van der Waals surface area contributed by atoms with Crippen LogP contribution in [0, 0.1) is 5.82 Å². The molecule has 0 aromatic heterocycles. The van der Waals surface area contributed by atoms with E-state index >= 15 is 0 Å². The van der Waals surface area contributed by atoms with Crippen molar-refractivity contribution in [1.82, 2.24) is 4.90 Å². The molecule has 0 atom stereocenters. The Kier molecular flexibility index (Phi) is 7.47. The molecule has 1 heterocycles. The number of ether oxygens (including phenoxy) is 2. The van der Waals surface area contributed by atoms with E-state index in [2.05, 4.69) is 5.32 Å². The molecule has 0 unspecified atom stereocenters. The fraction of sp³-hybridized carbons (Fsp3) is 0.115. The SMILES string of the molecule is COc1ccc(/C=C2\SC(=O)N(CC(=O)Nc3ccccc3)C2=O)cc1OCc1ccc(F)cc1. The summed E-state index contributed by atoms with van der Waals surface area (Å²) in [5, 5.41) is 2.14. The molecule has 35 heavy (non-hydrogen) atoms. The molecule has 1 aliphatic rings. The smallest absolute Gasteiger partial charge is 0.294 e. The number of hydrogen-bond donors (Lipinski definition) is 1. The first kappa shape index (κ1) is 24.0. The number of benzene rings is 3. The summed E-state index contributed by atoms with van der Waals surface area (Å²) in [4.78, 5) is 38.6. The van der Waals surface area contributed by atoms with Gasteiger partial charge < -0.3 is 14.8 Å². The third kappa shape index (κ3) is 6.07. The van der Waals surface area contributed by atoms with Gasteiger partial charge in [-0.15, -0.1) is 0 Å². The zero-order chi connectivity index (χ0) is 24.8. The highest BCUT2D eigenvalue weighted by atomic mass is 32.2. The van der Waals surface area contributed by atoms with E-state index in [1.807, 2.05) is 6.07 Å². The summed E-state index contributed by atoms with van der Waals surface area (Å²) in [5.41, 5.74) is 1.96. The van der Waals surface area contributed by atoms with Gasteiger partial charge in [-0.1, -0.05) is 36.4 Å². The van der Waals surface area contributed by atoms with Crippen molar-refractivity contribution in [2.75, 3.05) is 19.0 Å². The van der Waals surface area contributed by atoms with Gasteiger partial charge in [-0.25, -0.2) is 4.39 Å². The number of carbonyl (C=O) groups is 3. The van der Waals surface area contributed by atoms with Crippen LogP contribution in [0.3, 0.4) is 0 Å². The van der Waals surface area contributed by atoms with Crippen LogP contribution in [0.2, 0.25) is 0 Å². The molecule has 3 aromatic rings. The van der Waals surface area contributed by atoms with Crippen LogP contribution in [0.5, 0.6) is 11.5 Å². The van der Waals surface area contributed by atoms with Crippen LogP contribution in [0.1, 0.15) is 11.1 Å². The normalized spacial score (nSPS) is 14.3. The van der Waals surface area contributed by atoms with Gasteiger partial charge in [0.2, 0.25) is 5.91 Å². The molecule has 0 aliphatic carbocycles. The quantitative estimate of drug-likeness (QED) is 0.441. The van der Waals surface area contributed by atoms with Crippen molar-refractivity contribution in [3.63, 3.8) is 0 Å². The Morgan fingerprint density at radius 3 is 2.49 bits per heavy atom. The molecule has 1 fully saturated rings. The fourth-order valence-corrected chi connectivity index (χ4v) is 4.13. The van der Waals surface area contributed by atoms with Crippen molar-refractivity contribution >= 4 is 40.6 Å². The number of para-hydroxylation sites is 1. The molecule has 0 bridgehead atoms. The van der Waals surface area contributed by atoms with E-state index in [-0.39, 0.29) is 23.9 Å². The van der Waals surface area contributed by atoms with E-state index in [0.29, 0.717) is 22.7 Å². The van der Waals surface area contributed by atoms with E-state index in [0.717, 1.165) is 22.2 Å². The number of amides is 3. The topological polar surface area (TPSA) is 84.9 Å². The van der Waals surface area contributed by atoms with Crippen molar-refractivity contribution in [3.05, 3.63) is 94.6 Å². The van der Waals surface area contributed by atoms with E-state index in [9.17, 15) is 18.8 Å². The summed E-state index contributed by atoms with van der Waals surface area (Å²) >= 11 is 0.763. The molecular formula is C26H21FN2O5S. The predicted octanol–water partition coefficient (Wildman–Crippen LogP) is 5.09. The Bertz CT molecular complexity index is 1280. The van der Waals surface area contributed by atoms with Gasteiger partial charge in [0.15, 0.2) is 11.5 Å². The third-order valence-corrected chi connectivity index (χ3v) is 5.93. The van der Waals surface area contributed by atoms with Gasteiger partial charge in [0, 0.05) is 5.69 Å². The second-order valence-corrected chi connectivity index (χ2v) is 8.50. The molecular weight excluding hydrogens is 471 g/mol. The summed E-state index contributed by atoms with van der Waals surface area (Å²) in [6, 6.07) is 19.8. The van der Waals surface area contributed by atoms with Crippen LogP contribution < -0.4 is 14.8 Å². The van der Waals surface area contributed by atoms with E-state index < -0.39 is 17.1 Å². The molecule has 0 spiro atoms. The Morgan fingerprint density at radius 2 is 1.77 bits per heavy atom. The number of carbonyl (C=O) groups excluding carboxylic acids is 3. The third-order valence-electron chi connectivity index (χ3n) is 5.03. The number of thioether (sulfide) groups is 1. The molecule has 1 saturated heterocycles.